The fourth-order valence-corrected chi connectivity index (χ4v) is 9.20. The van der Waals surface area contributed by atoms with Crippen LogP contribution in [0.15, 0.2) is 186 Å². The molecule has 11 rings (SSSR count). The average molecular weight is 649 g/mol. The Kier molecular flexibility index (Phi) is 6.00. The van der Waals surface area contributed by atoms with Crippen molar-refractivity contribution in [2.45, 2.75) is 11.8 Å². The summed E-state index contributed by atoms with van der Waals surface area (Å²) < 4.78 is 6.57. The Hall–Kier alpha value is -6.44. The van der Waals surface area contributed by atoms with Crippen molar-refractivity contribution in [2.75, 3.05) is 0 Å². The summed E-state index contributed by atoms with van der Waals surface area (Å²) in [5, 5.41) is 2.30. The van der Waals surface area contributed by atoms with Crippen LogP contribution in [0, 0.1) is 0 Å². The minimum atomic E-state index is -0.376. The molecule has 0 N–H and O–H groups in total. The standard InChI is InChI=1S/C50H32O/c1-2-13-32(14-3-1)27-33-28-35(30-36(29-33)37-19-12-20-43-42-18-7-11-24-48(42)51-49(37)43)34-25-26-41-40-17-6-10-23-46(40)50(47(41)31-34)44-21-8-4-15-38(44)39-16-5-9-22-45(39)50/h1-26,28-31H,27H2. The SMILES string of the molecule is c1ccc(Cc2cc(-c3ccc4c(c3)C3(c5ccccc5-c5ccccc53)c3ccccc3-4)cc(-c3cccc4c3oc3ccccc34)c2)cc1. The average Bonchev–Trinajstić information content (AvgIpc) is 3.82. The first-order valence-corrected chi connectivity index (χ1v) is 17.8. The van der Waals surface area contributed by atoms with Crippen LogP contribution in [-0.4, -0.2) is 0 Å². The molecule has 0 fully saturated rings. The van der Waals surface area contributed by atoms with Crippen molar-refractivity contribution in [1.29, 1.82) is 0 Å². The van der Waals surface area contributed by atoms with Crippen LogP contribution in [0.2, 0.25) is 0 Å². The molecule has 0 aliphatic heterocycles. The number of para-hydroxylation sites is 2. The first kappa shape index (κ1) is 28.4. The van der Waals surface area contributed by atoms with Gasteiger partial charge >= 0.3 is 0 Å². The highest BCUT2D eigenvalue weighted by Gasteiger charge is 2.51. The van der Waals surface area contributed by atoms with Gasteiger partial charge in [-0.15, -0.1) is 0 Å². The maximum absolute atomic E-state index is 6.57. The zero-order valence-corrected chi connectivity index (χ0v) is 27.9. The van der Waals surface area contributed by atoms with Gasteiger partial charge in [-0.25, -0.2) is 0 Å². The van der Waals surface area contributed by atoms with E-state index in [9.17, 15) is 0 Å². The van der Waals surface area contributed by atoms with Gasteiger partial charge in [-0.05, 0) is 96.9 Å². The second-order valence-electron chi connectivity index (χ2n) is 14.0. The summed E-state index contributed by atoms with van der Waals surface area (Å²) in [6, 6.07) is 67.0. The molecule has 1 heteroatoms. The van der Waals surface area contributed by atoms with Crippen LogP contribution in [0.25, 0.3) is 66.4 Å². The molecule has 1 nitrogen and oxygen atoms in total. The second kappa shape index (κ2) is 10.8. The summed E-state index contributed by atoms with van der Waals surface area (Å²) in [7, 11) is 0. The van der Waals surface area contributed by atoms with Crippen molar-refractivity contribution in [3.63, 3.8) is 0 Å². The van der Waals surface area contributed by atoms with E-state index in [0.29, 0.717) is 0 Å². The third-order valence-corrected chi connectivity index (χ3v) is 11.3. The Labute approximate surface area is 297 Å². The van der Waals surface area contributed by atoms with Crippen molar-refractivity contribution in [3.05, 3.63) is 215 Å². The van der Waals surface area contributed by atoms with Crippen molar-refractivity contribution in [2.24, 2.45) is 0 Å². The van der Waals surface area contributed by atoms with E-state index < -0.39 is 0 Å². The van der Waals surface area contributed by atoms with Crippen LogP contribution in [0.1, 0.15) is 33.4 Å². The highest BCUT2D eigenvalue weighted by Crippen LogP contribution is 2.63. The molecule has 9 aromatic rings. The van der Waals surface area contributed by atoms with Crippen molar-refractivity contribution in [1.82, 2.24) is 0 Å². The normalized spacial score (nSPS) is 13.3. The quantitative estimate of drug-likeness (QED) is 0.185. The van der Waals surface area contributed by atoms with Crippen molar-refractivity contribution >= 4 is 21.9 Å². The smallest absolute Gasteiger partial charge is 0.143 e. The third-order valence-electron chi connectivity index (χ3n) is 11.3. The topological polar surface area (TPSA) is 13.1 Å². The maximum Gasteiger partial charge on any atom is 0.143 e. The van der Waals surface area contributed by atoms with Gasteiger partial charge in [0.2, 0.25) is 0 Å². The molecule has 0 atom stereocenters. The van der Waals surface area contributed by atoms with Crippen molar-refractivity contribution in [3.8, 4) is 44.5 Å². The number of benzene rings is 8. The van der Waals surface area contributed by atoms with E-state index >= 15 is 0 Å². The van der Waals surface area contributed by atoms with Gasteiger partial charge < -0.3 is 4.42 Å². The minimum Gasteiger partial charge on any atom is -0.455 e. The molecule has 8 aromatic carbocycles. The van der Waals surface area contributed by atoms with Gasteiger partial charge in [0.15, 0.2) is 0 Å². The first-order valence-electron chi connectivity index (χ1n) is 17.8. The molecule has 0 saturated heterocycles. The van der Waals surface area contributed by atoms with E-state index in [0.717, 1.165) is 39.5 Å². The van der Waals surface area contributed by atoms with Crippen LogP contribution in [0.5, 0.6) is 0 Å². The predicted octanol–water partition coefficient (Wildman–Crippen LogP) is 12.9. The van der Waals surface area contributed by atoms with E-state index in [1.165, 1.54) is 66.8 Å². The lowest BCUT2D eigenvalue weighted by Crippen LogP contribution is -2.25. The lowest BCUT2D eigenvalue weighted by atomic mass is 9.70. The number of rotatable bonds is 4. The van der Waals surface area contributed by atoms with Crippen LogP contribution in [0.3, 0.4) is 0 Å². The Balaban J connectivity index is 1.16. The monoisotopic (exact) mass is 648 g/mol. The maximum atomic E-state index is 6.57. The Morgan fingerprint density at radius 1 is 0.353 bits per heavy atom. The molecule has 1 spiro atoms. The minimum absolute atomic E-state index is 0.376. The number of furan rings is 1. The van der Waals surface area contributed by atoms with Crippen LogP contribution in [0.4, 0.5) is 0 Å². The van der Waals surface area contributed by atoms with Gasteiger partial charge in [0.25, 0.3) is 0 Å². The van der Waals surface area contributed by atoms with Gasteiger partial charge in [0, 0.05) is 16.3 Å². The summed E-state index contributed by atoms with van der Waals surface area (Å²) in [4.78, 5) is 0. The van der Waals surface area contributed by atoms with E-state index in [1.807, 2.05) is 6.07 Å². The van der Waals surface area contributed by atoms with Gasteiger partial charge in [0.1, 0.15) is 11.2 Å². The highest BCUT2D eigenvalue weighted by atomic mass is 16.3. The zero-order valence-electron chi connectivity index (χ0n) is 27.9. The summed E-state index contributed by atoms with van der Waals surface area (Å²) in [5.41, 5.74) is 19.5. The molecule has 1 aromatic heterocycles. The lowest BCUT2D eigenvalue weighted by molar-refractivity contribution is 0.670. The van der Waals surface area contributed by atoms with Gasteiger partial charge in [-0.3, -0.25) is 0 Å². The fraction of sp³-hybridized carbons (Fsp3) is 0.0400. The second-order valence-corrected chi connectivity index (χ2v) is 14.0. The van der Waals surface area contributed by atoms with Crippen LogP contribution >= 0.6 is 0 Å². The Bertz CT molecular complexity index is 2770. The van der Waals surface area contributed by atoms with E-state index in [1.54, 1.807) is 0 Å². The van der Waals surface area contributed by atoms with E-state index in [2.05, 4.69) is 176 Å². The molecule has 0 amide bonds. The first-order chi connectivity index (χ1) is 25.3. The van der Waals surface area contributed by atoms with Gasteiger partial charge in [0.05, 0.1) is 5.41 Å². The highest BCUT2D eigenvalue weighted by molar-refractivity contribution is 6.09. The molecule has 2 aliphatic rings. The molecule has 0 saturated carbocycles. The Morgan fingerprint density at radius 3 is 1.65 bits per heavy atom. The zero-order chi connectivity index (χ0) is 33.5. The number of hydrogen-bond donors (Lipinski definition) is 0. The summed E-state index contributed by atoms with van der Waals surface area (Å²) in [6.45, 7) is 0. The molecule has 0 unspecified atom stereocenters. The molecule has 2 aliphatic carbocycles. The largest absolute Gasteiger partial charge is 0.455 e. The number of fused-ring (bicyclic) bond motifs is 13. The molecular weight excluding hydrogens is 617 g/mol. The summed E-state index contributed by atoms with van der Waals surface area (Å²) in [6.07, 6.45) is 0.846. The molecule has 1 heterocycles. The molecular formula is C50H32O. The summed E-state index contributed by atoms with van der Waals surface area (Å²) >= 11 is 0. The third kappa shape index (κ3) is 4.03. The van der Waals surface area contributed by atoms with E-state index in [4.69, 9.17) is 4.42 Å². The number of hydrogen-bond acceptors (Lipinski definition) is 1. The lowest BCUT2D eigenvalue weighted by Gasteiger charge is -2.30. The van der Waals surface area contributed by atoms with Gasteiger partial charge in [-0.2, -0.15) is 0 Å². The van der Waals surface area contributed by atoms with Crippen LogP contribution < -0.4 is 0 Å². The molecule has 238 valence electrons. The molecule has 0 radical (unpaired) electrons. The van der Waals surface area contributed by atoms with E-state index in [-0.39, 0.29) is 5.41 Å². The molecule has 0 bridgehead atoms. The fourth-order valence-electron chi connectivity index (χ4n) is 9.20. The predicted molar refractivity (Wildman–Crippen MR) is 210 cm³/mol. The molecule has 51 heavy (non-hydrogen) atoms. The van der Waals surface area contributed by atoms with Gasteiger partial charge in [-0.1, -0.05) is 164 Å². The summed E-state index contributed by atoms with van der Waals surface area (Å²) in [5.74, 6) is 0. The van der Waals surface area contributed by atoms with Crippen LogP contribution in [-0.2, 0) is 11.8 Å². The Morgan fingerprint density at radius 2 is 0.922 bits per heavy atom. The van der Waals surface area contributed by atoms with Crippen molar-refractivity contribution < 1.29 is 4.42 Å².